The Morgan fingerprint density at radius 1 is 0.882 bits per heavy atom. The predicted octanol–water partition coefficient (Wildman–Crippen LogP) is 4.14. The molecule has 0 saturated heterocycles. The molecule has 0 amide bonds. The number of nitrogen functional groups attached to an aromatic ring is 1. The van der Waals surface area contributed by atoms with Crippen molar-refractivity contribution >= 4 is 27.2 Å². The molecule has 0 bridgehead atoms. The molecular weight excluding hydrogens is 206 g/mol. The van der Waals surface area contributed by atoms with Crippen molar-refractivity contribution in [3.05, 3.63) is 54.1 Å². The molecule has 0 aromatic heterocycles. The highest BCUT2D eigenvalue weighted by Crippen LogP contribution is 2.30. The summed E-state index contributed by atoms with van der Waals surface area (Å²) < 4.78 is 0. The van der Waals surface area contributed by atoms with E-state index in [0.717, 1.165) is 12.1 Å². The Balaban J connectivity index is 2.54. The monoisotopic (exact) mass is 221 g/mol. The first-order valence-electron chi connectivity index (χ1n) is 5.99. The van der Waals surface area contributed by atoms with Crippen LogP contribution in [0.5, 0.6) is 0 Å². The van der Waals surface area contributed by atoms with Gasteiger partial charge in [0.2, 0.25) is 0 Å². The van der Waals surface area contributed by atoms with Gasteiger partial charge in [-0.15, -0.1) is 0 Å². The Bertz CT molecular complexity index is 698. The van der Waals surface area contributed by atoms with Gasteiger partial charge in [0.1, 0.15) is 0 Å². The van der Waals surface area contributed by atoms with Crippen molar-refractivity contribution in [3.8, 4) is 0 Å². The Labute approximate surface area is 101 Å². The van der Waals surface area contributed by atoms with Crippen molar-refractivity contribution in [2.45, 2.75) is 13.3 Å². The molecule has 0 unspecified atom stereocenters. The summed E-state index contributed by atoms with van der Waals surface area (Å²) in [6.07, 6.45) is 1.03. The second-order valence-electron chi connectivity index (χ2n) is 4.41. The SMILES string of the molecule is CCc1c2ccccc2cc2ccc(N)cc12. The Kier molecular flexibility index (Phi) is 2.25. The maximum atomic E-state index is 5.89. The van der Waals surface area contributed by atoms with Gasteiger partial charge < -0.3 is 5.73 Å². The van der Waals surface area contributed by atoms with Gasteiger partial charge in [-0.1, -0.05) is 37.3 Å². The zero-order chi connectivity index (χ0) is 11.8. The second kappa shape index (κ2) is 3.77. The van der Waals surface area contributed by atoms with Gasteiger partial charge in [0.25, 0.3) is 0 Å². The zero-order valence-electron chi connectivity index (χ0n) is 9.90. The van der Waals surface area contributed by atoms with Gasteiger partial charge in [-0.3, -0.25) is 0 Å². The average molecular weight is 221 g/mol. The molecule has 0 saturated carbocycles. The molecule has 2 N–H and O–H groups in total. The molecule has 0 aliphatic rings. The maximum Gasteiger partial charge on any atom is 0.0320 e. The number of aryl methyl sites for hydroxylation is 1. The number of benzene rings is 3. The van der Waals surface area contributed by atoms with Gasteiger partial charge in [0.15, 0.2) is 0 Å². The zero-order valence-corrected chi connectivity index (χ0v) is 9.90. The van der Waals surface area contributed by atoms with Crippen molar-refractivity contribution in [1.82, 2.24) is 0 Å². The molecule has 0 radical (unpaired) electrons. The van der Waals surface area contributed by atoms with E-state index in [1.165, 1.54) is 27.1 Å². The van der Waals surface area contributed by atoms with Crippen molar-refractivity contribution in [3.63, 3.8) is 0 Å². The molecule has 0 aliphatic carbocycles. The topological polar surface area (TPSA) is 26.0 Å². The van der Waals surface area contributed by atoms with Crippen LogP contribution in [0.3, 0.4) is 0 Å². The number of hydrogen-bond acceptors (Lipinski definition) is 1. The molecule has 1 heteroatoms. The molecule has 0 spiro atoms. The quantitative estimate of drug-likeness (QED) is 0.485. The maximum absolute atomic E-state index is 5.89. The molecule has 0 heterocycles. The summed E-state index contributed by atoms with van der Waals surface area (Å²) in [7, 11) is 0. The van der Waals surface area contributed by atoms with Crippen molar-refractivity contribution < 1.29 is 0 Å². The third-order valence-corrected chi connectivity index (χ3v) is 3.35. The normalized spacial score (nSPS) is 11.1. The van der Waals surface area contributed by atoms with Crippen LogP contribution in [0.25, 0.3) is 21.5 Å². The van der Waals surface area contributed by atoms with Gasteiger partial charge in [-0.05, 0) is 51.7 Å². The molecule has 1 nitrogen and oxygen atoms in total. The number of anilines is 1. The van der Waals surface area contributed by atoms with Crippen LogP contribution in [0, 0.1) is 0 Å². The Morgan fingerprint density at radius 2 is 1.65 bits per heavy atom. The molecule has 0 fully saturated rings. The number of hydrogen-bond donors (Lipinski definition) is 1. The van der Waals surface area contributed by atoms with Crippen LogP contribution in [0.4, 0.5) is 5.69 Å². The Hall–Kier alpha value is -2.02. The fourth-order valence-corrected chi connectivity index (χ4v) is 2.55. The van der Waals surface area contributed by atoms with E-state index in [4.69, 9.17) is 5.73 Å². The van der Waals surface area contributed by atoms with Crippen LogP contribution in [0.15, 0.2) is 48.5 Å². The minimum atomic E-state index is 0.836. The lowest BCUT2D eigenvalue weighted by atomic mass is 9.95. The third-order valence-electron chi connectivity index (χ3n) is 3.35. The molecule has 0 aliphatic heterocycles. The van der Waals surface area contributed by atoms with Crippen LogP contribution < -0.4 is 5.73 Å². The molecule has 84 valence electrons. The van der Waals surface area contributed by atoms with E-state index in [2.05, 4.69) is 49.4 Å². The van der Waals surface area contributed by atoms with E-state index in [-0.39, 0.29) is 0 Å². The van der Waals surface area contributed by atoms with Gasteiger partial charge in [0.05, 0.1) is 0 Å². The van der Waals surface area contributed by atoms with Crippen LogP contribution in [-0.4, -0.2) is 0 Å². The molecule has 17 heavy (non-hydrogen) atoms. The minimum absolute atomic E-state index is 0.836. The average Bonchev–Trinajstić information content (AvgIpc) is 2.36. The van der Waals surface area contributed by atoms with E-state index in [9.17, 15) is 0 Å². The number of fused-ring (bicyclic) bond motifs is 2. The van der Waals surface area contributed by atoms with Crippen molar-refractivity contribution in [1.29, 1.82) is 0 Å². The molecule has 0 atom stereocenters. The summed E-state index contributed by atoms with van der Waals surface area (Å²) in [5.74, 6) is 0. The smallest absolute Gasteiger partial charge is 0.0320 e. The fourth-order valence-electron chi connectivity index (χ4n) is 2.55. The van der Waals surface area contributed by atoms with Gasteiger partial charge >= 0.3 is 0 Å². The van der Waals surface area contributed by atoms with E-state index in [1.54, 1.807) is 0 Å². The van der Waals surface area contributed by atoms with Gasteiger partial charge in [-0.2, -0.15) is 0 Å². The Morgan fingerprint density at radius 3 is 2.47 bits per heavy atom. The largest absolute Gasteiger partial charge is 0.399 e. The van der Waals surface area contributed by atoms with Gasteiger partial charge in [-0.25, -0.2) is 0 Å². The molecule has 3 aromatic carbocycles. The van der Waals surface area contributed by atoms with E-state index >= 15 is 0 Å². The summed E-state index contributed by atoms with van der Waals surface area (Å²) in [6, 6.07) is 16.9. The van der Waals surface area contributed by atoms with E-state index in [0.29, 0.717) is 0 Å². The molecular formula is C16H15N. The number of rotatable bonds is 1. The highest BCUT2D eigenvalue weighted by Gasteiger charge is 2.05. The van der Waals surface area contributed by atoms with E-state index < -0.39 is 0 Å². The van der Waals surface area contributed by atoms with Gasteiger partial charge in [0, 0.05) is 5.69 Å². The van der Waals surface area contributed by atoms with Crippen LogP contribution in [0.2, 0.25) is 0 Å². The van der Waals surface area contributed by atoms with Crippen molar-refractivity contribution in [2.24, 2.45) is 0 Å². The number of nitrogens with two attached hydrogens (primary N) is 1. The standard InChI is InChI=1S/C16H15N/c1-2-14-15-6-4-3-5-11(15)9-12-7-8-13(17)10-16(12)14/h3-10H,2,17H2,1H3. The highest BCUT2D eigenvalue weighted by atomic mass is 14.5. The highest BCUT2D eigenvalue weighted by molar-refractivity contribution is 6.03. The summed E-state index contributed by atoms with van der Waals surface area (Å²) in [4.78, 5) is 0. The first kappa shape index (κ1) is 10.2. The summed E-state index contributed by atoms with van der Waals surface area (Å²) >= 11 is 0. The summed E-state index contributed by atoms with van der Waals surface area (Å²) in [5, 5.41) is 5.20. The second-order valence-corrected chi connectivity index (χ2v) is 4.41. The first-order chi connectivity index (χ1) is 8.29. The fraction of sp³-hybridized carbons (Fsp3) is 0.125. The van der Waals surface area contributed by atoms with Crippen molar-refractivity contribution in [2.75, 3.05) is 5.73 Å². The van der Waals surface area contributed by atoms with Crippen LogP contribution >= 0.6 is 0 Å². The minimum Gasteiger partial charge on any atom is -0.399 e. The van der Waals surface area contributed by atoms with Crippen LogP contribution in [-0.2, 0) is 6.42 Å². The first-order valence-corrected chi connectivity index (χ1v) is 5.99. The summed E-state index contributed by atoms with van der Waals surface area (Å²) in [5.41, 5.74) is 8.12. The lowest BCUT2D eigenvalue weighted by molar-refractivity contribution is 1.18. The third kappa shape index (κ3) is 1.55. The summed E-state index contributed by atoms with van der Waals surface area (Å²) in [6.45, 7) is 2.20. The van der Waals surface area contributed by atoms with Crippen LogP contribution in [0.1, 0.15) is 12.5 Å². The molecule has 3 rings (SSSR count). The molecule has 3 aromatic rings. The predicted molar refractivity (Wildman–Crippen MR) is 75.2 cm³/mol. The lowest BCUT2D eigenvalue weighted by Crippen LogP contribution is -1.90. The lowest BCUT2D eigenvalue weighted by Gasteiger charge is -2.10. The van der Waals surface area contributed by atoms with E-state index in [1.807, 2.05) is 6.07 Å².